The molecule has 0 fully saturated rings. The Hall–Kier alpha value is 0.910. The Morgan fingerprint density at radius 3 is 1.44 bits per heavy atom. The molecule has 9 heavy (non-hydrogen) atoms. The van der Waals surface area contributed by atoms with Crippen LogP contribution in [0, 0.1) is 0 Å². The minimum Gasteiger partial charge on any atom is -0.330 e. The highest BCUT2D eigenvalue weighted by Gasteiger charge is 1.84. The van der Waals surface area contributed by atoms with Crippen molar-refractivity contribution in [2.45, 2.75) is 0 Å². The highest BCUT2D eigenvalue weighted by atomic mass is 35.5. The summed E-state index contributed by atoms with van der Waals surface area (Å²) in [5.41, 5.74) is 10.5. The van der Waals surface area contributed by atoms with Crippen LogP contribution in [0.4, 0.5) is 0 Å². The van der Waals surface area contributed by atoms with E-state index in [4.69, 9.17) is 11.5 Å². The third kappa shape index (κ3) is 12.2. The van der Waals surface area contributed by atoms with Crippen molar-refractivity contribution in [3.05, 3.63) is 0 Å². The molecule has 0 rings (SSSR count). The van der Waals surface area contributed by atoms with Gasteiger partial charge in [-0.3, -0.25) is 0 Å². The number of rotatable bonds is 5. The predicted molar refractivity (Wildman–Crippen MR) is 50.3 cm³/mol. The highest BCUT2D eigenvalue weighted by molar-refractivity contribution is 8.76. The Morgan fingerprint density at radius 1 is 0.889 bits per heavy atom. The zero-order valence-electron chi connectivity index (χ0n) is 5.21. The van der Waals surface area contributed by atoms with Gasteiger partial charge < -0.3 is 11.5 Å². The van der Waals surface area contributed by atoms with E-state index in [0.717, 1.165) is 24.6 Å². The fourth-order valence-corrected chi connectivity index (χ4v) is 1.93. The molecule has 58 valence electrons. The standard InChI is InChI=1S/C4H12N2S2.ClH/c5-1-3-7-8-4-2-6;/h1-6H2;1H. The summed E-state index contributed by atoms with van der Waals surface area (Å²) in [7, 11) is 3.58. The predicted octanol–water partition coefficient (Wildman–Crippen LogP) is 0.707. The lowest BCUT2D eigenvalue weighted by molar-refractivity contribution is 1.15. The lowest BCUT2D eigenvalue weighted by Crippen LogP contribution is -2.02. The van der Waals surface area contributed by atoms with Crippen molar-refractivity contribution in [2.75, 3.05) is 24.6 Å². The molecular weight excluding hydrogens is 176 g/mol. The Morgan fingerprint density at radius 2 is 1.22 bits per heavy atom. The maximum absolute atomic E-state index is 5.25. The molecule has 0 saturated carbocycles. The Balaban J connectivity index is 0. The summed E-state index contributed by atoms with van der Waals surface area (Å²) in [5.74, 6) is 2.06. The summed E-state index contributed by atoms with van der Waals surface area (Å²) in [4.78, 5) is 0. The molecule has 0 aromatic rings. The molecule has 0 aromatic heterocycles. The van der Waals surface area contributed by atoms with E-state index in [2.05, 4.69) is 0 Å². The second-order valence-corrected chi connectivity index (χ2v) is 3.92. The maximum Gasteiger partial charge on any atom is 0.0160 e. The third-order valence-corrected chi connectivity index (χ3v) is 2.96. The fourth-order valence-electron chi connectivity index (χ4n) is 0.214. The monoisotopic (exact) mass is 188 g/mol. The summed E-state index contributed by atoms with van der Waals surface area (Å²) < 4.78 is 0. The maximum atomic E-state index is 5.25. The largest absolute Gasteiger partial charge is 0.330 e. The molecule has 0 aliphatic rings. The molecule has 0 aliphatic carbocycles. The first kappa shape index (κ1) is 12.6. The molecule has 0 amide bonds. The quantitative estimate of drug-likeness (QED) is 0.493. The molecule has 2 nitrogen and oxygen atoms in total. The first-order valence-electron chi connectivity index (χ1n) is 2.56. The van der Waals surface area contributed by atoms with Gasteiger partial charge >= 0.3 is 0 Å². The average Bonchev–Trinajstić information content (AvgIpc) is 1.81. The van der Waals surface area contributed by atoms with Gasteiger partial charge in [0.05, 0.1) is 0 Å². The minimum atomic E-state index is 0. The van der Waals surface area contributed by atoms with Crippen LogP contribution in [0.2, 0.25) is 0 Å². The van der Waals surface area contributed by atoms with Crippen molar-refractivity contribution < 1.29 is 0 Å². The molecule has 0 aliphatic heterocycles. The number of nitrogens with two attached hydrogens (primary N) is 2. The van der Waals surface area contributed by atoms with Gasteiger partial charge in [-0.2, -0.15) is 0 Å². The van der Waals surface area contributed by atoms with Gasteiger partial charge in [0.15, 0.2) is 0 Å². The van der Waals surface area contributed by atoms with Gasteiger partial charge in [0.1, 0.15) is 0 Å². The normalized spacial score (nSPS) is 8.67. The van der Waals surface area contributed by atoms with Crippen LogP contribution in [0.25, 0.3) is 0 Å². The zero-order valence-corrected chi connectivity index (χ0v) is 7.66. The highest BCUT2D eigenvalue weighted by Crippen LogP contribution is 2.18. The van der Waals surface area contributed by atoms with Gasteiger partial charge in [-0.05, 0) is 0 Å². The Kier molecular flexibility index (Phi) is 16.3. The van der Waals surface area contributed by atoms with Crippen LogP contribution in [0.3, 0.4) is 0 Å². The van der Waals surface area contributed by atoms with Gasteiger partial charge in [0.25, 0.3) is 0 Å². The van der Waals surface area contributed by atoms with Crippen molar-refractivity contribution in [3.63, 3.8) is 0 Å². The van der Waals surface area contributed by atoms with E-state index in [1.165, 1.54) is 0 Å². The molecule has 0 spiro atoms. The SMILES string of the molecule is Cl.NCCSSCCN. The molecule has 4 N–H and O–H groups in total. The van der Waals surface area contributed by atoms with Crippen LogP contribution < -0.4 is 11.5 Å². The van der Waals surface area contributed by atoms with Gasteiger partial charge in [0.2, 0.25) is 0 Å². The topological polar surface area (TPSA) is 52.0 Å². The van der Waals surface area contributed by atoms with Crippen LogP contribution in [-0.4, -0.2) is 24.6 Å². The number of hydrogen-bond acceptors (Lipinski definition) is 4. The Labute approximate surface area is 70.3 Å². The van der Waals surface area contributed by atoms with Crippen molar-refractivity contribution >= 4 is 34.0 Å². The van der Waals surface area contributed by atoms with E-state index in [-0.39, 0.29) is 12.4 Å². The van der Waals surface area contributed by atoms with E-state index in [0.29, 0.717) is 0 Å². The van der Waals surface area contributed by atoms with Crippen LogP contribution in [-0.2, 0) is 0 Å². The van der Waals surface area contributed by atoms with Gasteiger partial charge in [-0.1, -0.05) is 21.6 Å². The molecule has 0 saturated heterocycles. The summed E-state index contributed by atoms with van der Waals surface area (Å²) in [6, 6.07) is 0. The number of hydrogen-bond donors (Lipinski definition) is 2. The van der Waals surface area contributed by atoms with Crippen LogP contribution >= 0.6 is 34.0 Å². The van der Waals surface area contributed by atoms with Crippen LogP contribution in [0.15, 0.2) is 0 Å². The second-order valence-electron chi connectivity index (χ2n) is 1.22. The fraction of sp³-hybridized carbons (Fsp3) is 1.00. The van der Waals surface area contributed by atoms with E-state index in [1.54, 1.807) is 21.6 Å². The lowest BCUT2D eigenvalue weighted by Gasteiger charge is -1.93. The second kappa shape index (κ2) is 11.7. The minimum absolute atomic E-state index is 0. The molecule has 5 heteroatoms. The summed E-state index contributed by atoms with van der Waals surface area (Å²) in [6.07, 6.45) is 0. The first-order chi connectivity index (χ1) is 3.91. The average molecular weight is 189 g/mol. The number of halogens is 1. The van der Waals surface area contributed by atoms with E-state index < -0.39 is 0 Å². The molecule has 0 unspecified atom stereocenters. The van der Waals surface area contributed by atoms with Crippen LogP contribution in [0.1, 0.15) is 0 Å². The van der Waals surface area contributed by atoms with Crippen LogP contribution in [0.5, 0.6) is 0 Å². The van der Waals surface area contributed by atoms with E-state index >= 15 is 0 Å². The van der Waals surface area contributed by atoms with Gasteiger partial charge in [0, 0.05) is 24.6 Å². The van der Waals surface area contributed by atoms with E-state index in [9.17, 15) is 0 Å². The van der Waals surface area contributed by atoms with E-state index in [1.807, 2.05) is 0 Å². The summed E-state index contributed by atoms with van der Waals surface area (Å²) in [5, 5.41) is 0. The first-order valence-corrected chi connectivity index (χ1v) is 5.05. The summed E-state index contributed by atoms with van der Waals surface area (Å²) in [6.45, 7) is 1.53. The Bertz CT molecular complexity index is 41.5. The molecule has 0 bridgehead atoms. The molecule has 0 radical (unpaired) electrons. The molecular formula is C4H13ClN2S2. The third-order valence-electron chi connectivity index (χ3n) is 0.486. The smallest absolute Gasteiger partial charge is 0.0160 e. The molecule has 0 aromatic carbocycles. The molecule has 0 heterocycles. The van der Waals surface area contributed by atoms with Crippen molar-refractivity contribution in [2.24, 2.45) is 11.5 Å². The van der Waals surface area contributed by atoms with Crippen molar-refractivity contribution in [1.82, 2.24) is 0 Å². The molecule has 0 atom stereocenters. The lowest BCUT2D eigenvalue weighted by atomic mass is 10.8. The van der Waals surface area contributed by atoms with Crippen molar-refractivity contribution in [3.8, 4) is 0 Å². The van der Waals surface area contributed by atoms with Crippen molar-refractivity contribution in [1.29, 1.82) is 0 Å². The zero-order chi connectivity index (χ0) is 6.24. The van der Waals surface area contributed by atoms with Gasteiger partial charge in [-0.15, -0.1) is 12.4 Å². The summed E-state index contributed by atoms with van der Waals surface area (Å²) >= 11 is 0. The van der Waals surface area contributed by atoms with Gasteiger partial charge in [-0.25, -0.2) is 0 Å².